The fourth-order valence-corrected chi connectivity index (χ4v) is 12.7. The third kappa shape index (κ3) is 5.55. The second kappa shape index (κ2) is 14.5. The molecule has 0 aliphatic heterocycles. The molecular formula is C60H52N2. The molecule has 0 bridgehead atoms. The quantitative estimate of drug-likeness (QED) is 0.158. The number of nitrogens with zero attached hydrogens (tertiary/aromatic N) is 2. The van der Waals surface area contributed by atoms with Gasteiger partial charge in [0.15, 0.2) is 0 Å². The van der Waals surface area contributed by atoms with Gasteiger partial charge in [-0.2, -0.15) is 0 Å². The molecule has 1 spiro atoms. The Morgan fingerprint density at radius 1 is 0.403 bits per heavy atom. The molecule has 3 unspecified atom stereocenters. The summed E-state index contributed by atoms with van der Waals surface area (Å²) in [6, 6.07) is 73.2. The minimum absolute atomic E-state index is 0.0986. The number of anilines is 6. The zero-order valence-electron chi connectivity index (χ0n) is 35.8. The maximum Gasteiger partial charge on any atom is 0.0505 e. The second-order valence-electron chi connectivity index (χ2n) is 18.7. The van der Waals surface area contributed by atoms with Crippen LogP contribution in [0.15, 0.2) is 194 Å². The van der Waals surface area contributed by atoms with Crippen LogP contribution in [0.25, 0.3) is 22.3 Å². The summed E-state index contributed by atoms with van der Waals surface area (Å²) >= 11 is 0. The zero-order valence-corrected chi connectivity index (χ0v) is 35.8. The van der Waals surface area contributed by atoms with Gasteiger partial charge in [0.1, 0.15) is 0 Å². The van der Waals surface area contributed by atoms with Gasteiger partial charge in [-0.25, -0.2) is 0 Å². The topological polar surface area (TPSA) is 6.48 Å². The maximum absolute atomic E-state index is 2.62. The smallest absolute Gasteiger partial charge is 0.0505 e. The highest BCUT2D eigenvalue weighted by molar-refractivity contribution is 5.89. The van der Waals surface area contributed by atoms with Crippen LogP contribution in [-0.2, 0) is 23.7 Å². The van der Waals surface area contributed by atoms with E-state index in [2.05, 4.69) is 218 Å². The van der Waals surface area contributed by atoms with E-state index in [1.807, 2.05) is 0 Å². The lowest BCUT2D eigenvalue weighted by Crippen LogP contribution is -2.39. The molecule has 0 N–H and O–H groups in total. The molecule has 3 atom stereocenters. The third-order valence-electron chi connectivity index (χ3n) is 15.2. The van der Waals surface area contributed by atoms with Crippen molar-refractivity contribution in [3.8, 4) is 22.3 Å². The normalized spacial score (nSPS) is 19.9. The number of hydrogen-bond acceptors (Lipinski definition) is 2. The van der Waals surface area contributed by atoms with E-state index < -0.39 is 0 Å². The molecule has 1 fully saturated rings. The molecule has 4 aliphatic carbocycles. The molecule has 2 nitrogen and oxygen atoms in total. The second-order valence-corrected chi connectivity index (χ2v) is 18.7. The summed E-state index contributed by atoms with van der Waals surface area (Å²) in [5.41, 5.74) is 21.4. The number of benzene rings is 8. The predicted octanol–water partition coefficient (Wildman–Crippen LogP) is 15.8. The Balaban J connectivity index is 1.09. The van der Waals surface area contributed by atoms with Crippen LogP contribution in [0, 0.1) is 11.8 Å². The van der Waals surface area contributed by atoms with Crippen LogP contribution in [0.2, 0.25) is 0 Å². The summed E-state index contributed by atoms with van der Waals surface area (Å²) in [5, 5.41) is 0. The van der Waals surface area contributed by atoms with Gasteiger partial charge >= 0.3 is 0 Å². The van der Waals surface area contributed by atoms with Crippen LogP contribution in [0.1, 0.15) is 72.9 Å². The van der Waals surface area contributed by atoms with Gasteiger partial charge in [0, 0.05) is 33.6 Å². The van der Waals surface area contributed by atoms with E-state index in [-0.39, 0.29) is 10.8 Å². The Morgan fingerprint density at radius 2 is 0.871 bits per heavy atom. The SMILES string of the molecule is CC1(C)c2ccccc2-c2ccc(N(c3ccccc3)c3cccc4c3C35c6c(cccc6N(c6ccccc6)c6ccc(-c7ccccc7)cc6)CC3CCCCC5C4)cc21. The first-order valence-electron chi connectivity index (χ1n) is 22.9. The summed E-state index contributed by atoms with van der Waals surface area (Å²) in [5.74, 6) is 1.02. The molecular weight excluding hydrogens is 749 g/mol. The van der Waals surface area contributed by atoms with Crippen molar-refractivity contribution in [1.29, 1.82) is 0 Å². The molecule has 4 aliphatic rings. The minimum atomic E-state index is -0.148. The predicted molar refractivity (Wildman–Crippen MR) is 259 cm³/mol. The Morgan fingerprint density at radius 3 is 1.47 bits per heavy atom. The largest absolute Gasteiger partial charge is 0.310 e. The number of para-hydroxylation sites is 2. The first-order valence-corrected chi connectivity index (χ1v) is 22.9. The van der Waals surface area contributed by atoms with E-state index in [9.17, 15) is 0 Å². The highest BCUT2D eigenvalue weighted by Crippen LogP contribution is 2.67. The van der Waals surface area contributed by atoms with Crippen molar-refractivity contribution in [2.45, 2.75) is 63.2 Å². The van der Waals surface area contributed by atoms with E-state index in [0.717, 1.165) is 12.8 Å². The molecule has 62 heavy (non-hydrogen) atoms. The van der Waals surface area contributed by atoms with Crippen LogP contribution < -0.4 is 9.80 Å². The Hall–Kier alpha value is -6.64. The minimum Gasteiger partial charge on any atom is -0.310 e. The Kier molecular flexibility index (Phi) is 8.68. The molecule has 8 aromatic rings. The molecule has 0 amide bonds. The molecule has 0 heterocycles. The fourth-order valence-electron chi connectivity index (χ4n) is 12.7. The average molecular weight is 801 g/mol. The van der Waals surface area contributed by atoms with Crippen molar-refractivity contribution in [3.05, 3.63) is 228 Å². The first-order chi connectivity index (χ1) is 30.5. The monoisotopic (exact) mass is 800 g/mol. The van der Waals surface area contributed by atoms with Crippen molar-refractivity contribution in [2.24, 2.45) is 11.8 Å². The van der Waals surface area contributed by atoms with Gasteiger partial charge in [-0.1, -0.05) is 160 Å². The number of fused-ring (bicyclic) bond motifs is 5. The summed E-state index contributed by atoms with van der Waals surface area (Å²) in [7, 11) is 0. The molecule has 12 rings (SSSR count). The highest BCUT2D eigenvalue weighted by Gasteiger charge is 2.59. The molecule has 1 saturated carbocycles. The molecule has 0 aromatic heterocycles. The summed E-state index contributed by atoms with van der Waals surface area (Å²) in [6.07, 6.45) is 7.28. The molecule has 302 valence electrons. The lowest BCUT2D eigenvalue weighted by atomic mass is 9.63. The van der Waals surface area contributed by atoms with E-state index >= 15 is 0 Å². The van der Waals surface area contributed by atoms with Gasteiger partial charge < -0.3 is 9.80 Å². The van der Waals surface area contributed by atoms with Crippen molar-refractivity contribution >= 4 is 34.1 Å². The number of rotatable bonds is 7. The van der Waals surface area contributed by atoms with Crippen molar-refractivity contribution in [2.75, 3.05) is 9.80 Å². The van der Waals surface area contributed by atoms with E-state index in [1.54, 1.807) is 11.1 Å². The van der Waals surface area contributed by atoms with Gasteiger partial charge in [0.2, 0.25) is 0 Å². The fraction of sp³-hybridized carbons (Fsp3) is 0.200. The van der Waals surface area contributed by atoms with E-state index in [1.165, 1.54) is 104 Å². The van der Waals surface area contributed by atoms with Crippen molar-refractivity contribution in [1.82, 2.24) is 0 Å². The molecule has 0 saturated heterocycles. The highest BCUT2D eigenvalue weighted by atomic mass is 15.2. The summed E-state index contributed by atoms with van der Waals surface area (Å²) in [6.45, 7) is 4.80. The van der Waals surface area contributed by atoms with Crippen molar-refractivity contribution in [3.63, 3.8) is 0 Å². The Labute approximate surface area is 367 Å². The van der Waals surface area contributed by atoms with Crippen molar-refractivity contribution < 1.29 is 0 Å². The van der Waals surface area contributed by atoms with Crippen LogP contribution >= 0.6 is 0 Å². The van der Waals surface area contributed by atoms with Crippen LogP contribution in [0.3, 0.4) is 0 Å². The van der Waals surface area contributed by atoms with Crippen LogP contribution in [0.5, 0.6) is 0 Å². The molecule has 0 radical (unpaired) electrons. The number of hydrogen-bond donors (Lipinski definition) is 0. The van der Waals surface area contributed by atoms with Crippen LogP contribution in [-0.4, -0.2) is 0 Å². The Bertz CT molecular complexity index is 2940. The standard InChI is InChI=1S/C60H52N2/c1-59(2)53-29-15-14-28-51(53)52-37-36-50(40-54(52)59)62(48-26-10-5-11-27-48)56-31-17-21-44-39-46-23-13-12-22-45-38-43-20-16-30-55(57(43)60(45,46)58(44)56)61(47-24-8-4-9-25-47)49-34-32-42(33-35-49)41-18-6-3-7-19-41/h3-11,14-21,24-37,40,45-46H,12-13,22-23,38-39H2,1-2H3. The van der Waals surface area contributed by atoms with Gasteiger partial charge in [0.05, 0.1) is 11.4 Å². The maximum atomic E-state index is 2.62. The average Bonchev–Trinajstić information content (AvgIpc) is 3.87. The lowest BCUT2D eigenvalue weighted by Gasteiger charge is -2.43. The van der Waals surface area contributed by atoms with Gasteiger partial charge in [-0.3, -0.25) is 0 Å². The molecule has 2 heteroatoms. The van der Waals surface area contributed by atoms with Gasteiger partial charge in [0.25, 0.3) is 0 Å². The summed E-state index contributed by atoms with van der Waals surface area (Å²) in [4.78, 5) is 5.19. The summed E-state index contributed by atoms with van der Waals surface area (Å²) < 4.78 is 0. The van der Waals surface area contributed by atoms with E-state index in [4.69, 9.17) is 0 Å². The first kappa shape index (κ1) is 37.1. The third-order valence-corrected chi connectivity index (χ3v) is 15.2. The lowest BCUT2D eigenvalue weighted by molar-refractivity contribution is 0.258. The molecule has 8 aromatic carbocycles. The van der Waals surface area contributed by atoms with Gasteiger partial charge in [-0.05, 0) is 154 Å². The zero-order chi connectivity index (χ0) is 41.4. The van der Waals surface area contributed by atoms with E-state index in [0.29, 0.717) is 11.8 Å². The van der Waals surface area contributed by atoms with Gasteiger partial charge in [-0.15, -0.1) is 0 Å². The van der Waals surface area contributed by atoms with Crippen LogP contribution in [0.4, 0.5) is 34.1 Å².